The third kappa shape index (κ3) is 4.01. The highest BCUT2D eigenvalue weighted by molar-refractivity contribution is 4.88. The number of ether oxygens (including phenoxy) is 1. The van der Waals surface area contributed by atoms with Gasteiger partial charge in [0.05, 0.1) is 13.2 Å². The first-order valence-electron chi connectivity index (χ1n) is 6.32. The van der Waals surface area contributed by atoms with Crippen LogP contribution in [0.1, 0.15) is 19.8 Å². The van der Waals surface area contributed by atoms with Crippen LogP contribution in [-0.4, -0.2) is 63.1 Å². The van der Waals surface area contributed by atoms with Gasteiger partial charge < -0.3 is 20.1 Å². The van der Waals surface area contributed by atoms with Crippen molar-refractivity contribution in [3.05, 3.63) is 0 Å². The van der Waals surface area contributed by atoms with Crippen molar-refractivity contribution in [2.75, 3.05) is 53.0 Å². The molecule has 1 aliphatic rings. The zero-order chi connectivity index (χ0) is 11.9. The van der Waals surface area contributed by atoms with Crippen molar-refractivity contribution in [1.82, 2.24) is 10.2 Å². The maximum Gasteiger partial charge on any atom is 0.0558 e. The Hall–Kier alpha value is -0.160. The van der Waals surface area contributed by atoms with Gasteiger partial charge in [0.2, 0.25) is 0 Å². The lowest BCUT2D eigenvalue weighted by atomic mass is 9.86. The van der Waals surface area contributed by atoms with Gasteiger partial charge in [-0.1, -0.05) is 6.92 Å². The van der Waals surface area contributed by atoms with Crippen molar-refractivity contribution in [2.45, 2.75) is 19.8 Å². The molecule has 2 N–H and O–H groups in total. The van der Waals surface area contributed by atoms with E-state index in [1.165, 1.54) is 0 Å². The fourth-order valence-electron chi connectivity index (χ4n) is 2.55. The molecule has 1 unspecified atom stereocenters. The monoisotopic (exact) mass is 230 g/mol. The first-order valence-corrected chi connectivity index (χ1v) is 6.32. The Balaban J connectivity index is 2.50. The van der Waals surface area contributed by atoms with Gasteiger partial charge in [-0.05, 0) is 26.4 Å². The number of hydrogen-bond acceptors (Lipinski definition) is 4. The molecule has 0 spiro atoms. The minimum absolute atomic E-state index is 0.247. The fourth-order valence-corrected chi connectivity index (χ4v) is 2.55. The molecule has 1 saturated heterocycles. The summed E-state index contributed by atoms with van der Waals surface area (Å²) in [6.45, 7) is 8.02. The number of rotatable bonds is 8. The maximum atomic E-state index is 9.06. The minimum Gasteiger partial charge on any atom is -0.395 e. The molecule has 0 aromatic carbocycles. The second-order valence-electron chi connectivity index (χ2n) is 4.83. The lowest BCUT2D eigenvalue weighted by Crippen LogP contribution is -2.45. The molecule has 0 amide bonds. The average molecular weight is 230 g/mol. The van der Waals surface area contributed by atoms with E-state index in [0.717, 1.165) is 52.2 Å². The lowest BCUT2D eigenvalue weighted by molar-refractivity contribution is 0.0980. The second-order valence-corrected chi connectivity index (χ2v) is 4.83. The summed E-state index contributed by atoms with van der Waals surface area (Å²) < 4.78 is 5.54. The number of aliphatic hydroxyl groups excluding tert-OH is 1. The van der Waals surface area contributed by atoms with Crippen molar-refractivity contribution >= 4 is 0 Å². The summed E-state index contributed by atoms with van der Waals surface area (Å²) in [7, 11) is 2.00. The van der Waals surface area contributed by atoms with Gasteiger partial charge in [-0.15, -0.1) is 0 Å². The number of nitrogens with zero attached hydrogens (tertiary/aromatic N) is 1. The van der Waals surface area contributed by atoms with E-state index in [2.05, 4.69) is 17.1 Å². The van der Waals surface area contributed by atoms with E-state index >= 15 is 0 Å². The normalized spacial score (nSPS) is 25.5. The zero-order valence-electron chi connectivity index (χ0n) is 10.7. The van der Waals surface area contributed by atoms with Gasteiger partial charge >= 0.3 is 0 Å². The molecule has 0 saturated carbocycles. The number of nitrogens with one attached hydrogen (secondary N) is 1. The Morgan fingerprint density at radius 1 is 1.44 bits per heavy atom. The molecule has 1 heterocycles. The fraction of sp³-hybridized carbons (Fsp3) is 1.00. The summed E-state index contributed by atoms with van der Waals surface area (Å²) in [6, 6.07) is 0. The standard InChI is InChI=1S/C12H26N2O2/c1-3-5-14(6-7-15)10-12(9-13-2)4-8-16-11-12/h13,15H,3-11H2,1-2H3. The molecule has 16 heavy (non-hydrogen) atoms. The average Bonchev–Trinajstić information content (AvgIpc) is 2.68. The van der Waals surface area contributed by atoms with Gasteiger partial charge in [-0.25, -0.2) is 0 Å². The maximum absolute atomic E-state index is 9.06. The molecule has 0 bridgehead atoms. The molecule has 4 nitrogen and oxygen atoms in total. The van der Waals surface area contributed by atoms with Crippen LogP contribution in [0, 0.1) is 5.41 Å². The van der Waals surface area contributed by atoms with Gasteiger partial charge in [-0.2, -0.15) is 0 Å². The van der Waals surface area contributed by atoms with Crippen LogP contribution in [0.15, 0.2) is 0 Å². The smallest absolute Gasteiger partial charge is 0.0558 e. The molecule has 1 atom stereocenters. The van der Waals surface area contributed by atoms with Gasteiger partial charge in [-0.3, -0.25) is 0 Å². The van der Waals surface area contributed by atoms with E-state index in [1.807, 2.05) is 7.05 Å². The summed E-state index contributed by atoms with van der Waals surface area (Å²) in [6.07, 6.45) is 2.26. The predicted molar refractivity (Wildman–Crippen MR) is 65.6 cm³/mol. The number of hydrogen-bond donors (Lipinski definition) is 2. The van der Waals surface area contributed by atoms with Crippen LogP contribution < -0.4 is 5.32 Å². The molecule has 1 rings (SSSR count). The summed E-state index contributed by atoms with van der Waals surface area (Å²) in [5, 5.41) is 12.3. The van der Waals surface area contributed by atoms with Crippen molar-refractivity contribution in [2.24, 2.45) is 5.41 Å². The SMILES string of the molecule is CCCN(CCO)CC1(CNC)CCOC1. The van der Waals surface area contributed by atoms with Crippen LogP contribution in [0.4, 0.5) is 0 Å². The minimum atomic E-state index is 0.247. The van der Waals surface area contributed by atoms with E-state index in [9.17, 15) is 0 Å². The van der Waals surface area contributed by atoms with E-state index in [1.54, 1.807) is 0 Å². The Morgan fingerprint density at radius 3 is 2.75 bits per heavy atom. The third-order valence-corrected chi connectivity index (χ3v) is 3.25. The van der Waals surface area contributed by atoms with Gasteiger partial charge in [0, 0.05) is 31.7 Å². The highest BCUT2D eigenvalue weighted by Crippen LogP contribution is 2.29. The lowest BCUT2D eigenvalue weighted by Gasteiger charge is -2.33. The van der Waals surface area contributed by atoms with Crippen molar-refractivity contribution in [1.29, 1.82) is 0 Å². The topological polar surface area (TPSA) is 44.7 Å². The molecule has 1 aliphatic heterocycles. The van der Waals surface area contributed by atoms with Gasteiger partial charge in [0.15, 0.2) is 0 Å². The van der Waals surface area contributed by atoms with Crippen molar-refractivity contribution in [3.63, 3.8) is 0 Å². The molecular weight excluding hydrogens is 204 g/mol. The van der Waals surface area contributed by atoms with Crippen molar-refractivity contribution < 1.29 is 9.84 Å². The third-order valence-electron chi connectivity index (χ3n) is 3.25. The van der Waals surface area contributed by atoms with Crippen LogP contribution in [0.5, 0.6) is 0 Å². The van der Waals surface area contributed by atoms with Crippen LogP contribution in [-0.2, 0) is 4.74 Å². The van der Waals surface area contributed by atoms with Gasteiger partial charge in [0.1, 0.15) is 0 Å². The van der Waals surface area contributed by atoms with E-state index in [-0.39, 0.29) is 12.0 Å². The van der Waals surface area contributed by atoms with Gasteiger partial charge in [0.25, 0.3) is 0 Å². The summed E-state index contributed by atoms with van der Waals surface area (Å²) in [5.74, 6) is 0. The van der Waals surface area contributed by atoms with E-state index in [0.29, 0.717) is 0 Å². The Bertz CT molecular complexity index is 176. The molecule has 0 aromatic rings. The van der Waals surface area contributed by atoms with Crippen LogP contribution in [0.25, 0.3) is 0 Å². The van der Waals surface area contributed by atoms with Crippen LogP contribution >= 0.6 is 0 Å². The largest absolute Gasteiger partial charge is 0.395 e. The molecule has 0 aromatic heterocycles. The highest BCUT2D eigenvalue weighted by Gasteiger charge is 2.35. The molecule has 0 radical (unpaired) electrons. The predicted octanol–water partition coefficient (Wildman–Crippen LogP) is 0.317. The zero-order valence-corrected chi connectivity index (χ0v) is 10.7. The summed E-state index contributed by atoms with van der Waals surface area (Å²) in [4.78, 5) is 2.35. The van der Waals surface area contributed by atoms with Crippen LogP contribution in [0.2, 0.25) is 0 Å². The quantitative estimate of drug-likeness (QED) is 0.630. The number of aliphatic hydroxyl groups is 1. The highest BCUT2D eigenvalue weighted by atomic mass is 16.5. The van der Waals surface area contributed by atoms with E-state index in [4.69, 9.17) is 9.84 Å². The summed E-state index contributed by atoms with van der Waals surface area (Å²) in [5.41, 5.74) is 0.249. The molecular formula is C12H26N2O2. The Labute approximate surface area is 99.0 Å². The molecule has 96 valence electrons. The molecule has 1 fully saturated rings. The Kier molecular flexibility index (Phi) is 6.28. The second kappa shape index (κ2) is 7.22. The van der Waals surface area contributed by atoms with E-state index < -0.39 is 0 Å². The molecule has 0 aliphatic carbocycles. The Morgan fingerprint density at radius 2 is 2.25 bits per heavy atom. The molecule has 4 heteroatoms. The van der Waals surface area contributed by atoms with Crippen LogP contribution in [0.3, 0.4) is 0 Å². The summed E-state index contributed by atoms with van der Waals surface area (Å²) >= 11 is 0. The van der Waals surface area contributed by atoms with Crippen molar-refractivity contribution in [3.8, 4) is 0 Å². The first kappa shape index (κ1) is 13.9. The first-order chi connectivity index (χ1) is 7.76.